The lowest BCUT2D eigenvalue weighted by Crippen LogP contribution is -2.08. The largest absolute Gasteiger partial charge is 0.416 e. The third kappa shape index (κ3) is 3.04. The van der Waals surface area contributed by atoms with Gasteiger partial charge in [-0.2, -0.15) is 24.5 Å². The first-order chi connectivity index (χ1) is 8.47. The number of alkyl halides is 3. The molecular formula is C13H12F3NS. The van der Waals surface area contributed by atoms with Crippen LogP contribution in [0.25, 0.3) is 0 Å². The molecule has 0 bridgehead atoms. The number of halogens is 3. The van der Waals surface area contributed by atoms with E-state index in [0.29, 0.717) is 12.2 Å². The zero-order valence-corrected chi connectivity index (χ0v) is 10.5. The van der Waals surface area contributed by atoms with Gasteiger partial charge in [0.25, 0.3) is 0 Å². The van der Waals surface area contributed by atoms with Gasteiger partial charge in [0.1, 0.15) is 0 Å². The van der Waals surface area contributed by atoms with Crippen molar-refractivity contribution in [3.8, 4) is 0 Å². The van der Waals surface area contributed by atoms with Crippen LogP contribution in [0.2, 0.25) is 0 Å². The molecule has 1 aromatic heterocycles. The summed E-state index contributed by atoms with van der Waals surface area (Å²) in [5.74, 6) is 0. The molecule has 0 saturated heterocycles. The Morgan fingerprint density at radius 3 is 2.61 bits per heavy atom. The van der Waals surface area contributed by atoms with E-state index in [4.69, 9.17) is 0 Å². The van der Waals surface area contributed by atoms with Crippen LogP contribution in [0.15, 0.2) is 35.0 Å². The third-order valence-electron chi connectivity index (χ3n) is 2.62. The standard InChI is InChI=1S/C13H12F3NS/c1-9-2-3-11(6-12(9)13(14,15)16)17-7-10-4-5-18-8-10/h2-6,8,17H,7H2,1H3. The van der Waals surface area contributed by atoms with Crippen LogP contribution in [-0.2, 0) is 12.7 Å². The van der Waals surface area contributed by atoms with Crippen molar-refractivity contribution in [1.82, 2.24) is 0 Å². The third-order valence-corrected chi connectivity index (χ3v) is 3.35. The Hall–Kier alpha value is -1.49. The summed E-state index contributed by atoms with van der Waals surface area (Å²) in [5, 5.41) is 6.90. The maximum atomic E-state index is 12.7. The number of thiophene rings is 1. The van der Waals surface area contributed by atoms with E-state index >= 15 is 0 Å². The van der Waals surface area contributed by atoms with Crippen LogP contribution in [0, 0.1) is 6.92 Å². The predicted octanol–water partition coefficient (Wildman–Crippen LogP) is 4.69. The van der Waals surface area contributed by atoms with Crippen molar-refractivity contribution in [2.45, 2.75) is 19.6 Å². The molecule has 96 valence electrons. The van der Waals surface area contributed by atoms with E-state index in [1.54, 1.807) is 17.4 Å². The summed E-state index contributed by atoms with van der Waals surface area (Å²) in [6.45, 7) is 2.00. The van der Waals surface area contributed by atoms with Crippen molar-refractivity contribution in [3.05, 3.63) is 51.7 Å². The van der Waals surface area contributed by atoms with Gasteiger partial charge >= 0.3 is 6.18 Å². The van der Waals surface area contributed by atoms with Gasteiger partial charge in [-0.05, 0) is 47.0 Å². The molecule has 1 heterocycles. The van der Waals surface area contributed by atoms with Crippen molar-refractivity contribution < 1.29 is 13.2 Å². The highest BCUT2D eigenvalue weighted by molar-refractivity contribution is 7.07. The summed E-state index contributed by atoms with van der Waals surface area (Å²) < 4.78 is 38.1. The van der Waals surface area contributed by atoms with Crippen LogP contribution in [-0.4, -0.2) is 0 Å². The first-order valence-electron chi connectivity index (χ1n) is 5.39. The number of aryl methyl sites for hydroxylation is 1. The Bertz CT molecular complexity index is 518. The first kappa shape index (κ1) is 13.0. The zero-order chi connectivity index (χ0) is 13.2. The lowest BCUT2D eigenvalue weighted by molar-refractivity contribution is -0.138. The molecule has 1 aromatic carbocycles. The molecule has 18 heavy (non-hydrogen) atoms. The molecule has 1 N–H and O–H groups in total. The average molecular weight is 271 g/mol. The molecule has 0 saturated carbocycles. The number of nitrogens with one attached hydrogen (secondary N) is 1. The topological polar surface area (TPSA) is 12.0 Å². The molecule has 1 nitrogen and oxygen atoms in total. The van der Waals surface area contributed by atoms with Crippen molar-refractivity contribution >= 4 is 17.0 Å². The molecule has 0 aliphatic carbocycles. The Balaban J connectivity index is 2.15. The van der Waals surface area contributed by atoms with Crippen molar-refractivity contribution in [1.29, 1.82) is 0 Å². The fourth-order valence-electron chi connectivity index (χ4n) is 1.63. The number of benzene rings is 1. The number of hydrogen-bond donors (Lipinski definition) is 1. The van der Waals surface area contributed by atoms with Crippen molar-refractivity contribution in [2.75, 3.05) is 5.32 Å². The fraction of sp³-hybridized carbons (Fsp3) is 0.231. The van der Waals surface area contributed by atoms with Crippen LogP contribution in [0.1, 0.15) is 16.7 Å². The van der Waals surface area contributed by atoms with E-state index in [9.17, 15) is 13.2 Å². The maximum Gasteiger partial charge on any atom is 0.416 e. The lowest BCUT2D eigenvalue weighted by Gasteiger charge is -2.13. The molecule has 0 fully saturated rings. The van der Waals surface area contributed by atoms with Gasteiger partial charge in [-0.15, -0.1) is 0 Å². The second kappa shape index (κ2) is 5.02. The SMILES string of the molecule is Cc1ccc(NCc2ccsc2)cc1C(F)(F)F. The minimum Gasteiger partial charge on any atom is -0.381 e. The highest BCUT2D eigenvalue weighted by Gasteiger charge is 2.32. The molecule has 0 spiro atoms. The van der Waals surface area contributed by atoms with Crippen LogP contribution in [0.3, 0.4) is 0 Å². The van der Waals surface area contributed by atoms with Gasteiger partial charge in [0.15, 0.2) is 0 Å². The summed E-state index contributed by atoms with van der Waals surface area (Å²) in [7, 11) is 0. The van der Waals surface area contributed by atoms with Gasteiger partial charge in [-0.1, -0.05) is 6.07 Å². The maximum absolute atomic E-state index is 12.7. The predicted molar refractivity (Wildman–Crippen MR) is 67.8 cm³/mol. The monoisotopic (exact) mass is 271 g/mol. The van der Waals surface area contributed by atoms with Gasteiger partial charge < -0.3 is 5.32 Å². The molecule has 0 radical (unpaired) electrons. The fourth-order valence-corrected chi connectivity index (χ4v) is 2.30. The van der Waals surface area contributed by atoms with Gasteiger partial charge in [-0.25, -0.2) is 0 Å². The van der Waals surface area contributed by atoms with Crippen LogP contribution < -0.4 is 5.32 Å². The van der Waals surface area contributed by atoms with E-state index in [1.165, 1.54) is 13.0 Å². The Morgan fingerprint density at radius 1 is 1.22 bits per heavy atom. The summed E-state index contributed by atoms with van der Waals surface area (Å²) in [6, 6.07) is 6.24. The Kier molecular flexibility index (Phi) is 3.61. The second-order valence-corrected chi connectivity index (χ2v) is 4.79. The molecule has 0 amide bonds. The Morgan fingerprint density at radius 2 is 2.00 bits per heavy atom. The molecular weight excluding hydrogens is 259 g/mol. The zero-order valence-electron chi connectivity index (χ0n) is 9.71. The van der Waals surface area contributed by atoms with Gasteiger partial charge in [-0.3, -0.25) is 0 Å². The molecule has 0 aliphatic heterocycles. The molecule has 2 rings (SSSR count). The van der Waals surface area contributed by atoms with Crippen LogP contribution >= 0.6 is 11.3 Å². The smallest absolute Gasteiger partial charge is 0.381 e. The number of hydrogen-bond acceptors (Lipinski definition) is 2. The molecule has 0 unspecified atom stereocenters. The van der Waals surface area contributed by atoms with Gasteiger partial charge in [0.05, 0.1) is 5.56 Å². The average Bonchev–Trinajstić information content (AvgIpc) is 2.79. The molecule has 0 atom stereocenters. The van der Waals surface area contributed by atoms with Crippen LogP contribution in [0.5, 0.6) is 0 Å². The lowest BCUT2D eigenvalue weighted by atomic mass is 10.1. The summed E-state index contributed by atoms with van der Waals surface area (Å²) in [4.78, 5) is 0. The minimum atomic E-state index is -4.30. The first-order valence-corrected chi connectivity index (χ1v) is 6.34. The van der Waals surface area contributed by atoms with E-state index in [0.717, 1.165) is 11.6 Å². The molecule has 5 heteroatoms. The normalized spacial score (nSPS) is 11.6. The van der Waals surface area contributed by atoms with E-state index in [2.05, 4.69) is 5.32 Å². The quantitative estimate of drug-likeness (QED) is 0.854. The summed E-state index contributed by atoms with van der Waals surface area (Å²) >= 11 is 1.56. The number of anilines is 1. The van der Waals surface area contributed by atoms with E-state index < -0.39 is 11.7 Å². The van der Waals surface area contributed by atoms with Gasteiger partial charge in [0, 0.05) is 12.2 Å². The highest BCUT2D eigenvalue weighted by Crippen LogP contribution is 2.33. The molecule has 0 aliphatic rings. The number of rotatable bonds is 3. The minimum absolute atomic E-state index is 0.239. The van der Waals surface area contributed by atoms with E-state index in [1.807, 2.05) is 16.8 Å². The van der Waals surface area contributed by atoms with Gasteiger partial charge in [0.2, 0.25) is 0 Å². The van der Waals surface area contributed by atoms with Crippen LogP contribution in [0.4, 0.5) is 18.9 Å². The van der Waals surface area contributed by atoms with Crippen molar-refractivity contribution in [2.24, 2.45) is 0 Å². The van der Waals surface area contributed by atoms with Crippen molar-refractivity contribution in [3.63, 3.8) is 0 Å². The summed E-state index contributed by atoms with van der Waals surface area (Å²) in [6.07, 6.45) is -4.30. The van der Waals surface area contributed by atoms with E-state index in [-0.39, 0.29) is 5.56 Å². The highest BCUT2D eigenvalue weighted by atomic mass is 32.1. The Labute approximate surface area is 107 Å². The molecule has 2 aromatic rings. The summed E-state index contributed by atoms with van der Waals surface area (Å²) in [5.41, 5.74) is 1.20. The second-order valence-electron chi connectivity index (χ2n) is 4.01.